The first-order chi connectivity index (χ1) is 16.6. The predicted octanol–water partition coefficient (Wildman–Crippen LogP) is 4.08. The Balaban J connectivity index is 1.68. The molecule has 0 radical (unpaired) electrons. The van der Waals surface area contributed by atoms with Gasteiger partial charge in [0.15, 0.2) is 0 Å². The minimum Gasteiger partial charge on any atom is -0.480 e. The molecule has 3 N–H and O–H groups in total. The summed E-state index contributed by atoms with van der Waals surface area (Å²) in [6.45, 7) is 7.28. The average molecular weight is 483 g/mol. The highest BCUT2D eigenvalue weighted by molar-refractivity contribution is 5.89. The molecule has 2 aromatic carbocycles. The summed E-state index contributed by atoms with van der Waals surface area (Å²) in [6, 6.07) is 13.9. The number of hydrogen-bond donors (Lipinski definition) is 3. The van der Waals surface area contributed by atoms with Crippen molar-refractivity contribution in [3.63, 3.8) is 0 Å². The van der Waals surface area contributed by atoms with Crippen molar-refractivity contribution in [3.05, 3.63) is 59.7 Å². The normalized spacial score (nSPS) is 14.4. The third kappa shape index (κ3) is 6.82. The van der Waals surface area contributed by atoms with E-state index >= 15 is 0 Å². The van der Waals surface area contributed by atoms with Crippen LogP contribution in [0.3, 0.4) is 0 Å². The van der Waals surface area contributed by atoms with E-state index in [1.807, 2.05) is 76.2 Å². The second kappa shape index (κ2) is 11.4. The average Bonchev–Trinajstić information content (AvgIpc) is 3.13. The molecule has 8 nitrogen and oxygen atoms in total. The number of carboxylic acids is 1. The van der Waals surface area contributed by atoms with Gasteiger partial charge in [0.2, 0.25) is 5.91 Å². The zero-order valence-electron chi connectivity index (χ0n) is 20.7. The molecule has 8 heteroatoms. The summed E-state index contributed by atoms with van der Waals surface area (Å²) in [5, 5.41) is 14.4. The van der Waals surface area contributed by atoms with Crippen LogP contribution < -0.4 is 10.6 Å². The molecule has 0 spiro atoms. The van der Waals surface area contributed by atoms with Crippen molar-refractivity contribution in [2.75, 3.05) is 13.2 Å². The Morgan fingerprint density at radius 1 is 0.943 bits per heavy atom. The number of amides is 2. The van der Waals surface area contributed by atoms with Gasteiger partial charge in [-0.15, -0.1) is 0 Å². The second-order valence-corrected chi connectivity index (χ2v) is 9.63. The molecule has 0 saturated carbocycles. The first-order valence-corrected chi connectivity index (χ1v) is 11.9. The maximum Gasteiger partial charge on any atom is 0.407 e. The fraction of sp³-hybridized carbons (Fsp3) is 0.444. The molecule has 0 aromatic heterocycles. The van der Waals surface area contributed by atoms with Crippen molar-refractivity contribution < 1.29 is 29.0 Å². The highest BCUT2D eigenvalue weighted by atomic mass is 16.5. The van der Waals surface area contributed by atoms with Gasteiger partial charge in [-0.1, -0.05) is 61.9 Å². The van der Waals surface area contributed by atoms with Crippen LogP contribution in [0.25, 0.3) is 11.1 Å². The molecular formula is C27H34N2O6. The summed E-state index contributed by atoms with van der Waals surface area (Å²) in [5.74, 6) is -1.88. The van der Waals surface area contributed by atoms with E-state index in [4.69, 9.17) is 9.47 Å². The van der Waals surface area contributed by atoms with Crippen LogP contribution in [0.2, 0.25) is 0 Å². The first-order valence-electron chi connectivity index (χ1n) is 11.9. The molecule has 0 unspecified atom stereocenters. The van der Waals surface area contributed by atoms with Crippen LogP contribution in [0.15, 0.2) is 48.5 Å². The van der Waals surface area contributed by atoms with Gasteiger partial charge in [-0.2, -0.15) is 0 Å². The molecule has 0 fully saturated rings. The fourth-order valence-corrected chi connectivity index (χ4v) is 4.12. The van der Waals surface area contributed by atoms with Gasteiger partial charge in [-0.05, 0) is 49.4 Å². The van der Waals surface area contributed by atoms with Gasteiger partial charge in [0, 0.05) is 5.92 Å². The lowest BCUT2D eigenvalue weighted by molar-refractivity contribution is -0.142. The van der Waals surface area contributed by atoms with E-state index in [-0.39, 0.29) is 25.6 Å². The lowest BCUT2D eigenvalue weighted by Crippen LogP contribution is -2.54. The number of nitrogens with one attached hydrogen (secondary N) is 2. The molecule has 1 aliphatic carbocycles. The first kappa shape index (κ1) is 26.2. The van der Waals surface area contributed by atoms with Crippen molar-refractivity contribution >= 4 is 18.0 Å². The molecule has 0 saturated heterocycles. The van der Waals surface area contributed by atoms with Gasteiger partial charge in [0.25, 0.3) is 0 Å². The van der Waals surface area contributed by atoms with Gasteiger partial charge in [0.05, 0.1) is 12.2 Å². The van der Waals surface area contributed by atoms with Crippen LogP contribution >= 0.6 is 0 Å². The molecular weight excluding hydrogens is 448 g/mol. The van der Waals surface area contributed by atoms with Gasteiger partial charge in [-0.25, -0.2) is 9.59 Å². The standard InChI is InChI=1S/C27H34N2O6/c1-5-10-22(25(31)32)28-24(30)23(16-35-27(2,3)4)29-26(33)34-15-21-19-13-8-6-11-17(19)18-12-7-9-14-20(18)21/h6-9,11-14,21-23H,5,10,15-16H2,1-4H3,(H,28,30)(H,29,33)(H,31,32)/t22-,23-/m0/s1. The summed E-state index contributed by atoms with van der Waals surface area (Å²) in [5.41, 5.74) is 3.83. The molecule has 3 rings (SSSR count). The molecule has 1 aliphatic rings. The molecule has 2 amide bonds. The number of carbonyl (C=O) groups excluding carboxylic acids is 2. The number of ether oxygens (including phenoxy) is 2. The highest BCUT2D eigenvalue weighted by Gasteiger charge is 2.31. The largest absolute Gasteiger partial charge is 0.480 e. The van der Waals surface area contributed by atoms with Crippen molar-refractivity contribution in [1.29, 1.82) is 0 Å². The summed E-state index contributed by atoms with van der Waals surface area (Å²) < 4.78 is 11.3. The summed E-state index contributed by atoms with van der Waals surface area (Å²) in [4.78, 5) is 37.1. The number of rotatable bonds is 10. The van der Waals surface area contributed by atoms with E-state index in [0.717, 1.165) is 22.3 Å². The smallest absolute Gasteiger partial charge is 0.407 e. The van der Waals surface area contributed by atoms with Crippen LogP contribution in [-0.4, -0.2) is 54.0 Å². The number of benzene rings is 2. The third-order valence-corrected chi connectivity index (χ3v) is 5.83. The number of alkyl carbamates (subject to hydrolysis) is 1. The summed E-state index contributed by atoms with van der Waals surface area (Å²) >= 11 is 0. The fourth-order valence-electron chi connectivity index (χ4n) is 4.12. The van der Waals surface area contributed by atoms with Crippen LogP contribution in [-0.2, 0) is 19.1 Å². The van der Waals surface area contributed by atoms with E-state index in [1.165, 1.54) is 0 Å². The monoisotopic (exact) mass is 482 g/mol. The van der Waals surface area contributed by atoms with Gasteiger partial charge in [0.1, 0.15) is 18.7 Å². The van der Waals surface area contributed by atoms with E-state index in [1.54, 1.807) is 0 Å². The van der Waals surface area contributed by atoms with Gasteiger partial charge >= 0.3 is 12.1 Å². The predicted molar refractivity (Wildman–Crippen MR) is 132 cm³/mol. The zero-order chi connectivity index (χ0) is 25.6. The van der Waals surface area contributed by atoms with E-state index in [0.29, 0.717) is 6.42 Å². The number of hydrogen-bond acceptors (Lipinski definition) is 5. The van der Waals surface area contributed by atoms with Crippen LogP contribution in [0, 0.1) is 0 Å². The Bertz CT molecular complexity index is 1020. The van der Waals surface area contributed by atoms with Crippen molar-refractivity contribution in [3.8, 4) is 11.1 Å². The Kier molecular flexibility index (Phi) is 8.51. The number of carboxylic acid groups (broad SMARTS) is 1. The Morgan fingerprint density at radius 3 is 2.03 bits per heavy atom. The van der Waals surface area contributed by atoms with Crippen LogP contribution in [0.5, 0.6) is 0 Å². The molecule has 188 valence electrons. The van der Waals surface area contributed by atoms with E-state index < -0.39 is 35.7 Å². The maximum atomic E-state index is 12.8. The van der Waals surface area contributed by atoms with Crippen molar-refractivity contribution in [2.24, 2.45) is 0 Å². The van der Waals surface area contributed by atoms with E-state index in [2.05, 4.69) is 10.6 Å². The summed E-state index contributed by atoms with van der Waals surface area (Å²) in [6.07, 6.45) is 0.0888. The highest BCUT2D eigenvalue weighted by Crippen LogP contribution is 2.44. The SMILES string of the molecule is CCC[C@H](NC(=O)[C@H](COC(C)(C)C)NC(=O)OCC1c2ccccc2-c2ccccc21)C(=O)O. The minimum atomic E-state index is -1.13. The Hall–Kier alpha value is -3.39. The minimum absolute atomic E-state index is 0.0991. The molecule has 0 bridgehead atoms. The van der Waals surface area contributed by atoms with Crippen molar-refractivity contribution in [1.82, 2.24) is 10.6 Å². The maximum absolute atomic E-state index is 12.8. The quantitative estimate of drug-likeness (QED) is 0.470. The number of carbonyl (C=O) groups is 3. The lowest BCUT2D eigenvalue weighted by Gasteiger charge is -2.26. The zero-order valence-corrected chi connectivity index (χ0v) is 20.7. The number of fused-ring (bicyclic) bond motifs is 3. The molecule has 0 aliphatic heterocycles. The van der Waals surface area contributed by atoms with E-state index in [9.17, 15) is 19.5 Å². The molecule has 35 heavy (non-hydrogen) atoms. The topological polar surface area (TPSA) is 114 Å². The Labute approximate surface area is 206 Å². The van der Waals surface area contributed by atoms with Gasteiger partial charge < -0.3 is 25.2 Å². The van der Waals surface area contributed by atoms with Crippen molar-refractivity contribution in [2.45, 2.75) is 64.1 Å². The molecule has 0 heterocycles. The van der Waals surface area contributed by atoms with Crippen LogP contribution in [0.1, 0.15) is 57.6 Å². The summed E-state index contributed by atoms with van der Waals surface area (Å²) in [7, 11) is 0. The molecule has 2 atom stereocenters. The number of aliphatic carboxylic acids is 1. The van der Waals surface area contributed by atoms with Gasteiger partial charge in [-0.3, -0.25) is 4.79 Å². The second-order valence-electron chi connectivity index (χ2n) is 9.63. The molecule has 2 aromatic rings. The third-order valence-electron chi connectivity index (χ3n) is 5.83. The lowest BCUT2D eigenvalue weighted by atomic mass is 9.98. The van der Waals surface area contributed by atoms with Crippen LogP contribution in [0.4, 0.5) is 4.79 Å². The Morgan fingerprint density at radius 2 is 1.51 bits per heavy atom.